The predicted octanol–water partition coefficient (Wildman–Crippen LogP) is 5.50. The van der Waals surface area contributed by atoms with Crippen LogP contribution in [0, 0.1) is 6.92 Å². The molecule has 8 nitrogen and oxygen atoms in total. The van der Waals surface area contributed by atoms with Crippen molar-refractivity contribution in [3.8, 4) is 0 Å². The Balaban J connectivity index is 1.48. The van der Waals surface area contributed by atoms with E-state index in [1.165, 1.54) is 54.6 Å². The average molecular weight is 556 g/mol. The Hall–Kier alpha value is -3.86. The Morgan fingerprint density at radius 3 is 1.78 bits per heavy atom. The van der Waals surface area contributed by atoms with Gasteiger partial charge in [-0.05, 0) is 73.7 Å². The van der Waals surface area contributed by atoms with Gasteiger partial charge in [0.2, 0.25) is 0 Å². The van der Waals surface area contributed by atoms with E-state index in [0.717, 1.165) is 5.56 Å². The zero-order valence-electron chi connectivity index (χ0n) is 19.5. The molecule has 0 unspecified atom stereocenters. The van der Waals surface area contributed by atoms with E-state index < -0.39 is 26.0 Å². The number of carbonyl (C=O) groups is 1. The fraction of sp³-hybridized carbons (Fsp3) is 0.0385. The summed E-state index contributed by atoms with van der Waals surface area (Å²) in [4.78, 5) is 13.0. The second kappa shape index (κ2) is 10.6. The lowest BCUT2D eigenvalue weighted by molar-refractivity contribution is 0.102. The molecule has 0 fully saturated rings. The van der Waals surface area contributed by atoms with Crippen LogP contribution in [-0.2, 0) is 20.0 Å². The number of carbonyl (C=O) groups excluding carboxylic acids is 1. The lowest BCUT2D eigenvalue weighted by atomic mass is 10.2. The summed E-state index contributed by atoms with van der Waals surface area (Å²) in [5, 5.41) is 2.75. The number of sulfonamides is 2. The average Bonchev–Trinajstić information content (AvgIpc) is 2.87. The van der Waals surface area contributed by atoms with Crippen molar-refractivity contribution in [2.24, 2.45) is 0 Å². The number of anilines is 3. The van der Waals surface area contributed by atoms with Gasteiger partial charge < -0.3 is 5.32 Å². The molecule has 11 heteroatoms. The van der Waals surface area contributed by atoms with Crippen LogP contribution in [0.25, 0.3) is 0 Å². The molecule has 0 aliphatic rings. The van der Waals surface area contributed by atoms with Gasteiger partial charge in [0.15, 0.2) is 0 Å². The highest BCUT2D eigenvalue weighted by Crippen LogP contribution is 2.25. The first-order valence-electron chi connectivity index (χ1n) is 10.9. The minimum atomic E-state index is -3.86. The van der Waals surface area contributed by atoms with Gasteiger partial charge in [-0.1, -0.05) is 47.5 Å². The van der Waals surface area contributed by atoms with E-state index in [4.69, 9.17) is 11.6 Å². The molecule has 0 atom stereocenters. The van der Waals surface area contributed by atoms with Gasteiger partial charge in [-0.3, -0.25) is 14.2 Å². The van der Waals surface area contributed by atoms with Crippen LogP contribution in [0.2, 0.25) is 5.02 Å². The monoisotopic (exact) mass is 555 g/mol. The molecule has 0 saturated heterocycles. The minimum Gasteiger partial charge on any atom is -0.322 e. The first-order valence-corrected chi connectivity index (χ1v) is 14.3. The van der Waals surface area contributed by atoms with Crippen LogP contribution in [0.5, 0.6) is 0 Å². The van der Waals surface area contributed by atoms with E-state index in [9.17, 15) is 21.6 Å². The predicted molar refractivity (Wildman–Crippen MR) is 145 cm³/mol. The summed E-state index contributed by atoms with van der Waals surface area (Å²) in [6.07, 6.45) is 0. The molecule has 0 bridgehead atoms. The second-order valence-electron chi connectivity index (χ2n) is 8.06. The smallest absolute Gasteiger partial charge is 0.261 e. The number of aryl methyl sites for hydroxylation is 1. The Labute approximate surface area is 220 Å². The molecule has 4 aromatic carbocycles. The van der Waals surface area contributed by atoms with Crippen molar-refractivity contribution < 1.29 is 21.6 Å². The highest BCUT2D eigenvalue weighted by atomic mass is 35.5. The van der Waals surface area contributed by atoms with Crippen molar-refractivity contribution in [1.82, 2.24) is 0 Å². The summed E-state index contributed by atoms with van der Waals surface area (Å²) >= 11 is 6.19. The molecular formula is C26H22ClN3O5S2. The van der Waals surface area contributed by atoms with Crippen LogP contribution < -0.4 is 14.8 Å². The van der Waals surface area contributed by atoms with Crippen molar-refractivity contribution in [1.29, 1.82) is 0 Å². The van der Waals surface area contributed by atoms with Gasteiger partial charge in [0.1, 0.15) is 0 Å². The molecule has 37 heavy (non-hydrogen) atoms. The lowest BCUT2D eigenvalue weighted by Gasteiger charge is -2.12. The fourth-order valence-electron chi connectivity index (χ4n) is 3.33. The van der Waals surface area contributed by atoms with Crippen LogP contribution in [0.15, 0.2) is 107 Å². The molecule has 0 saturated carbocycles. The Bertz CT molecular complexity index is 1640. The molecule has 0 aromatic heterocycles. The third-order valence-corrected chi connectivity index (χ3v) is 8.37. The summed E-state index contributed by atoms with van der Waals surface area (Å²) in [5.74, 6) is -0.598. The summed E-state index contributed by atoms with van der Waals surface area (Å²) in [5.41, 5.74) is 1.95. The standard InChI is InChI=1S/C26H22ClN3O5S2/c1-18-7-9-20(10-8-18)29-37(34,35)23-14-11-19(12-15-23)28-26(31)24-17-21(13-16-25(24)27)30-36(32,33)22-5-3-2-4-6-22/h2-17,29-30H,1H3,(H,28,31). The van der Waals surface area contributed by atoms with Gasteiger partial charge in [-0.25, -0.2) is 16.8 Å². The molecule has 190 valence electrons. The van der Waals surface area contributed by atoms with Crippen molar-refractivity contribution in [3.63, 3.8) is 0 Å². The molecule has 0 heterocycles. The summed E-state index contributed by atoms with van der Waals surface area (Å²) < 4.78 is 55.5. The number of rotatable bonds is 8. The number of hydrogen-bond acceptors (Lipinski definition) is 5. The maximum absolute atomic E-state index is 12.9. The molecule has 1 amide bonds. The van der Waals surface area contributed by atoms with Crippen LogP contribution in [0.3, 0.4) is 0 Å². The van der Waals surface area contributed by atoms with Crippen molar-refractivity contribution >= 4 is 54.6 Å². The molecule has 0 aliphatic carbocycles. The van der Waals surface area contributed by atoms with Crippen molar-refractivity contribution in [2.75, 3.05) is 14.8 Å². The number of nitrogens with one attached hydrogen (secondary N) is 3. The second-order valence-corrected chi connectivity index (χ2v) is 11.8. The van der Waals surface area contributed by atoms with Gasteiger partial charge in [-0.15, -0.1) is 0 Å². The lowest BCUT2D eigenvalue weighted by Crippen LogP contribution is -2.16. The van der Waals surface area contributed by atoms with E-state index in [0.29, 0.717) is 11.4 Å². The highest BCUT2D eigenvalue weighted by molar-refractivity contribution is 7.93. The van der Waals surface area contributed by atoms with Crippen LogP contribution in [0.1, 0.15) is 15.9 Å². The molecule has 4 aromatic rings. The summed E-state index contributed by atoms with van der Waals surface area (Å²) in [6.45, 7) is 1.90. The highest BCUT2D eigenvalue weighted by Gasteiger charge is 2.18. The number of hydrogen-bond donors (Lipinski definition) is 3. The topological polar surface area (TPSA) is 121 Å². The van der Waals surface area contributed by atoms with Gasteiger partial charge in [0.05, 0.1) is 20.4 Å². The molecule has 0 radical (unpaired) electrons. The Kier molecular flexibility index (Phi) is 7.53. The Morgan fingerprint density at radius 1 is 0.649 bits per heavy atom. The first-order chi connectivity index (χ1) is 17.5. The van der Waals surface area contributed by atoms with E-state index in [1.54, 1.807) is 42.5 Å². The number of halogens is 1. The Morgan fingerprint density at radius 2 is 1.16 bits per heavy atom. The molecular weight excluding hydrogens is 534 g/mol. The molecule has 0 spiro atoms. The van der Waals surface area contributed by atoms with E-state index >= 15 is 0 Å². The number of amides is 1. The van der Waals surface area contributed by atoms with Crippen molar-refractivity contribution in [2.45, 2.75) is 16.7 Å². The van der Waals surface area contributed by atoms with Crippen molar-refractivity contribution in [3.05, 3.63) is 113 Å². The van der Waals surface area contributed by atoms with Gasteiger partial charge >= 0.3 is 0 Å². The third kappa shape index (κ3) is 6.48. The first kappa shape index (κ1) is 26.2. The van der Waals surface area contributed by atoms with E-state index in [2.05, 4.69) is 14.8 Å². The third-order valence-electron chi connectivity index (χ3n) is 5.24. The quantitative estimate of drug-likeness (QED) is 0.265. The molecule has 3 N–H and O–H groups in total. The normalized spacial score (nSPS) is 11.5. The van der Waals surface area contributed by atoms with Gasteiger partial charge in [-0.2, -0.15) is 0 Å². The van der Waals surface area contributed by atoms with Crippen LogP contribution >= 0.6 is 11.6 Å². The minimum absolute atomic E-state index is 0.0152. The summed E-state index contributed by atoms with van der Waals surface area (Å²) in [7, 11) is -7.68. The maximum atomic E-state index is 12.9. The van der Waals surface area contributed by atoms with Crippen LogP contribution in [-0.4, -0.2) is 22.7 Å². The SMILES string of the molecule is Cc1ccc(NS(=O)(=O)c2ccc(NC(=O)c3cc(NS(=O)(=O)c4ccccc4)ccc3Cl)cc2)cc1. The largest absolute Gasteiger partial charge is 0.322 e. The summed E-state index contributed by atoms with van der Waals surface area (Å²) in [6, 6.07) is 24.5. The molecule has 4 rings (SSSR count). The van der Waals surface area contributed by atoms with Crippen LogP contribution in [0.4, 0.5) is 17.1 Å². The van der Waals surface area contributed by atoms with Gasteiger partial charge in [0, 0.05) is 17.1 Å². The fourth-order valence-corrected chi connectivity index (χ4v) is 5.66. The zero-order valence-corrected chi connectivity index (χ0v) is 21.9. The van der Waals surface area contributed by atoms with Gasteiger partial charge in [0.25, 0.3) is 26.0 Å². The number of benzene rings is 4. The zero-order chi connectivity index (χ0) is 26.6. The van der Waals surface area contributed by atoms with E-state index in [1.807, 2.05) is 6.92 Å². The maximum Gasteiger partial charge on any atom is 0.261 e. The molecule has 0 aliphatic heterocycles. The van der Waals surface area contributed by atoms with E-state index in [-0.39, 0.29) is 26.1 Å².